The van der Waals surface area contributed by atoms with Crippen LogP contribution in [0.25, 0.3) is 0 Å². The molecule has 2 aromatic carbocycles. The monoisotopic (exact) mass is 774 g/mol. The number of carbonyl (C=O) groups is 5. The van der Waals surface area contributed by atoms with E-state index in [4.69, 9.17) is 31.0 Å². The van der Waals surface area contributed by atoms with Gasteiger partial charge in [0.25, 0.3) is 0 Å². The lowest BCUT2D eigenvalue weighted by Crippen LogP contribution is -2.54. The molecule has 282 valence electrons. The zero-order valence-electron chi connectivity index (χ0n) is 27.9. The van der Waals surface area contributed by atoms with E-state index in [-0.39, 0.29) is 34.5 Å². The summed E-state index contributed by atoms with van der Waals surface area (Å²) in [5.41, 5.74) is 0.717. The van der Waals surface area contributed by atoms with E-state index >= 15 is 0 Å². The number of hydrogen-bond acceptors (Lipinski definition) is 10. The van der Waals surface area contributed by atoms with Crippen LogP contribution in [0.3, 0.4) is 0 Å². The van der Waals surface area contributed by atoms with Crippen molar-refractivity contribution in [2.24, 2.45) is 5.92 Å². The van der Waals surface area contributed by atoms with Crippen molar-refractivity contribution in [1.29, 1.82) is 0 Å². The number of H-pyrrole nitrogens is 1. The van der Waals surface area contributed by atoms with E-state index in [9.17, 15) is 41.8 Å². The van der Waals surface area contributed by atoms with E-state index in [0.29, 0.717) is 23.7 Å². The first-order valence-corrected chi connectivity index (χ1v) is 16.8. The minimum atomic E-state index is -5.19. The first-order valence-electron chi connectivity index (χ1n) is 15.3. The molecule has 0 spiro atoms. The van der Waals surface area contributed by atoms with E-state index in [2.05, 4.69) is 20.6 Å². The van der Waals surface area contributed by atoms with Crippen LogP contribution in [0.2, 0.25) is 5.02 Å². The van der Waals surface area contributed by atoms with Gasteiger partial charge in [-0.3, -0.25) is 19.2 Å². The lowest BCUT2D eigenvalue weighted by atomic mass is 10.0. The molecule has 19 heteroatoms. The molecule has 0 saturated carbocycles. The fourth-order valence-electron chi connectivity index (χ4n) is 4.17. The molecule has 0 fully saturated rings. The topological polar surface area (TPSA) is 198 Å². The van der Waals surface area contributed by atoms with Crippen LogP contribution in [-0.4, -0.2) is 70.2 Å². The van der Waals surface area contributed by atoms with Gasteiger partial charge in [-0.2, -0.15) is 13.2 Å². The molecule has 0 radical (unpaired) electrons. The third-order valence-electron chi connectivity index (χ3n) is 6.61. The summed E-state index contributed by atoms with van der Waals surface area (Å²) in [6.45, 7) is 5.56. The summed E-state index contributed by atoms with van der Waals surface area (Å²) < 4.78 is 57.0. The predicted molar refractivity (Wildman–Crippen MR) is 177 cm³/mol. The minimum absolute atomic E-state index is 0.0752. The number of carboxylic acids is 2. The second-order valence-corrected chi connectivity index (χ2v) is 12.4. The number of aromatic nitrogens is 2. The van der Waals surface area contributed by atoms with Crippen LogP contribution in [0, 0.1) is 11.7 Å². The van der Waals surface area contributed by atoms with Crippen molar-refractivity contribution in [1.82, 2.24) is 15.6 Å². The highest BCUT2D eigenvalue weighted by molar-refractivity contribution is 7.99. The van der Waals surface area contributed by atoms with Gasteiger partial charge in [0.15, 0.2) is 5.78 Å². The smallest absolute Gasteiger partial charge is 0.501 e. The number of nitrogens with zero attached hydrogens (tertiary/aromatic N) is 1. The standard InChI is InChI=1S/C31H34ClFN4O7S.C2HF3O2/c1-4-43-26-10-9-20(44-31-34-11-6-12-35-31)13-19(26)14-27(39)37-29(18(2)3)30(42)36-24(15-28(40)41)25(38)17-45-16-21-22(32)7-5-8-23(21)33;3-2(4,5)1(6)7/h5-13,18,24,29H,4,14-17H2,1-3H3,(H,36,42)(H,37,39)(H,40,41);(H,6,7)/t24-,29-;/m0./s1. The number of aromatic amines is 1. The van der Waals surface area contributed by atoms with Crippen molar-refractivity contribution in [2.75, 3.05) is 12.4 Å². The summed E-state index contributed by atoms with van der Waals surface area (Å²) >= 11 is 7.09. The van der Waals surface area contributed by atoms with Crippen molar-refractivity contribution >= 4 is 52.9 Å². The molecule has 52 heavy (non-hydrogen) atoms. The minimum Gasteiger partial charge on any atom is -0.542 e. The maximum absolute atomic E-state index is 14.1. The number of carboxylic acid groups (broad SMARTS) is 2. The number of ether oxygens (including phenoxy) is 2. The van der Waals surface area contributed by atoms with Crippen molar-refractivity contribution < 1.29 is 66.2 Å². The zero-order valence-corrected chi connectivity index (χ0v) is 29.5. The molecule has 0 bridgehead atoms. The summed E-state index contributed by atoms with van der Waals surface area (Å²) in [4.78, 5) is 66.6. The normalized spacial score (nSPS) is 12.1. The van der Waals surface area contributed by atoms with Gasteiger partial charge in [-0.1, -0.05) is 31.5 Å². The summed E-state index contributed by atoms with van der Waals surface area (Å²) in [5, 5.41) is 23.6. The highest BCUT2D eigenvalue weighted by atomic mass is 35.5. The molecule has 0 unspecified atom stereocenters. The lowest BCUT2D eigenvalue weighted by Gasteiger charge is -2.25. The van der Waals surface area contributed by atoms with Crippen molar-refractivity contribution in [2.45, 2.75) is 57.6 Å². The van der Waals surface area contributed by atoms with E-state index in [1.807, 2.05) is 0 Å². The molecule has 0 aliphatic heterocycles. The number of hydrogen-bond donors (Lipinski definition) is 3. The van der Waals surface area contributed by atoms with Crippen molar-refractivity contribution in [3.63, 3.8) is 0 Å². The summed E-state index contributed by atoms with van der Waals surface area (Å²) in [7, 11) is 0. The summed E-state index contributed by atoms with van der Waals surface area (Å²) in [5.74, 6) is -6.29. The Labute approximate surface area is 304 Å². The Morgan fingerprint density at radius 3 is 2.35 bits per heavy atom. The van der Waals surface area contributed by atoms with E-state index in [0.717, 1.165) is 11.8 Å². The molecule has 3 aromatic rings. The van der Waals surface area contributed by atoms with E-state index in [1.165, 1.54) is 18.2 Å². The molecule has 0 aliphatic rings. The molecular formula is C33H35ClF4N4O9S. The van der Waals surface area contributed by atoms with Gasteiger partial charge in [0.2, 0.25) is 11.8 Å². The molecule has 2 atom stereocenters. The van der Waals surface area contributed by atoms with Gasteiger partial charge in [0.05, 0.1) is 37.4 Å². The highest BCUT2D eigenvalue weighted by Crippen LogP contribution is 2.27. The first kappa shape index (κ1) is 43.2. The Kier molecular flexibility index (Phi) is 17.3. The van der Waals surface area contributed by atoms with Gasteiger partial charge in [-0.25, -0.2) is 9.37 Å². The Morgan fingerprint density at radius 1 is 1.10 bits per heavy atom. The number of aliphatic carboxylic acids is 2. The quantitative estimate of drug-likeness (QED) is 0.170. The maximum atomic E-state index is 14.1. The lowest BCUT2D eigenvalue weighted by molar-refractivity contribution is -0.396. The van der Waals surface area contributed by atoms with Gasteiger partial charge in [-0.05, 0) is 48.2 Å². The third kappa shape index (κ3) is 14.7. The average Bonchev–Trinajstić information content (AvgIpc) is 3.05. The SMILES string of the molecule is CCOc1ccc(Oc2nccc[nH+]2)cc1CC(=O)N[C@H](C(=O)N[C@@H](CC(=O)O)C(=O)CSCc1c(F)cccc1Cl)C(C)C.O=C([O-])C(F)(F)F. The molecule has 0 aliphatic carbocycles. The number of ketones is 1. The largest absolute Gasteiger partial charge is 0.542 e. The van der Waals surface area contributed by atoms with Crippen LogP contribution in [0.5, 0.6) is 17.5 Å². The van der Waals surface area contributed by atoms with Gasteiger partial charge < -0.3 is 35.1 Å². The van der Waals surface area contributed by atoms with Crippen molar-refractivity contribution in [3.8, 4) is 17.5 Å². The number of amides is 2. The van der Waals surface area contributed by atoms with Crippen LogP contribution in [0.1, 0.15) is 38.3 Å². The van der Waals surface area contributed by atoms with Crippen LogP contribution in [0.15, 0.2) is 54.9 Å². The molecular weight excluding hydrogens is 740 g/mol. The fourth-order valence-corrected chi connectivity index (χ4v) is 5.48. The number of thioether (sulfide) groups is 1. The summed E-state index contributed by atoms with van der Waals surface area (Å²) in [6.07, 6.45) is -2.82. The van der Waals surface area contributed by atoms with Gasteiger partial charge in [0.1, 0.15) is 35.5 Å². The molecule has 1 heterocycles. The van der Waals surface area contributed by atoms with Crippen LogP contribution < -0.4 is 30.2 Å². The Bertz CT molecular complexity index is 1680. The maximum Gasteiger partial charge on any atom is 0.501 e. The highest BCUT2D eigenvalue weighted by Gasteiger charge is 2.31. The summed E-state index contributed by atoms with van der Waals surface area (Å²) in [6, 6.07) is 8.71. The van der Waals surface area contributed by atoms with Gasteiger partial charge in [-0.15, -0.1) is 11.8 Å². The zero-order chi connectivity index (χ0) is 39.0. The third-order valence-corrected chi connectivity index (χ3v) is 7.95. The van der Waals surface area contributed by atoms with Gasteiger partial charge in [0, 0.05) is 28.0 Å². The molecule has 3 rings (SSSR count). The number of halogens is 5. The Balaban J connectivity index is 0.00000121. The average molecular weight is 775 g/mol. The predicted octanol–water partition coefficient (Wildman–Crippen LogP) is 3.32. The second-order valence-electron chi connectivity index (χ2n) is 11.0. The molecule has 4 N–H and O–H groups in total. The first-order chi connectivity index (χ1) is 24.4. The molecule has 13 nitrogen and oxygen atoms in total. The number of benzene rings is 2. The van der Waals surface area contributed by atoms with Crippen molar-refractivity contribution in [3.05, 3.63) is 76.8 Å². The van der Waals surface area contributed by atoms with Crippen LogP contribution in [-0.2, 0) is 36.1 Å². The molecule has 2 amide bonds. The Morgan fingerprint density at radius 2 is 1.79 bits per heavy atom. The number of nitrogens with one attached hydrogen (secondary N) is 3. The van der Waals surface area contributed by atoms with E-state index < -0.39 is 66.0 Å². The number of carbonyl (C=O) groups excluding carboxylic acids is 4. The Hall–Kier alpha value is -4.97. The second kappa shape index (κ2) is 20.8. The van der Waals surface area contributed by atoms with Crippen LogP contribution in [0.4, 0.5) is 17.6 Å². The van der Waals surface area contributed by atoms with Crippen LogP contribution >= 0.6 is 23.4 Å². The number of Topliss-reactive ketones (excluding diaryl/α,β-unsaturated/α-hetero) is 1. The van der Waals surface area contributed by atoms with Gasteiger partial charge >= 0.3 is 18.2 Å². The number of rotatable bonds is 17. The molecule has 0 saturated heterocycles. The number of alkyl halides is 3. The fraction of sp³-hybridized carbons (Fsp3) is 0.364. The van der Waals surface area contributed by atoms with E-state index in [1.54, 1.807) is 57.4 Å². The molecule has 1 aromatic heterocycles.